The summed E-state index contributed by atoms with van der Waals surface area (Å²) in [5.74, 6) is 2.31. The molecule has 0 radical (unpaired) electrons. The summed E-state index contributed by atoms with van der Waals surface area (Å²) in [5, 5.41) is 0. The zero-order chi connectivity index (χ0) is 22.9. The maximum absolute atomic E-state index is 13.2. The molecule has 2 aliphatic rings. The van der Waals surface area contributed by atoms with Crippen LogP contribution in [0.25, 0.3) is 11.0 Å². The van der Waals surface area contributed by atoms with Gasteiger partial charge in [0.05, 0.1) is 18.1 Å². The van der Waals surface area contributed by atoms with Gasteiger partial charge in [0.1, 0.15) is 18.1 Å². The summed E-state index contributed by atoms with van der Waals surface area (Å²) < 4.78 is 7.36. The van der Waals surface area contributed by atoms with Gasteiger partial charge in [0.2, 0.25) is 11.8 Å². The third-order valence-electron chi connectivity index (χ3n) is 6.97. The topological polar surface area (TPSA) is 67.7 Å². The number of aromatic nitrogens is 2. The number of rotatable bonds is 5. The predicted octanol–water partition coefficient (Wildman–Crippen LogP) is 3.82. The minimum Gasteiger partial charge on any atom is -0.497 e. The van der Waals surface area contributed by atoms with E-state index in [1.165, 1.54) is 0 Å². The third-order valence-corrected chi connectivity index (χ3v) is 6.97. The second kappa shape index (κ2) is 8.89. The minimum atomic E-state index is -0.0784. The second-order valence-corrected chi connectivity index (χ2v) is 9.22. The van der Waals surface area contributed by atoms with Crippen molar-refractivity contribution < 1.29 is 14.3 Å². The molecule has 2 amide bonds. The second-order valence-electron chi connectivity index (χ2n) is 9.22. The number of piperidine rings is 1. The average Bonchev–Trinajstić information content (AvgIpc) is 3.40. The van der Waals surface area contributed by atoms with Crippen LogP contribution >= 0.6 is 0 Å². The number of hydrogen-bond donors (Lipinski definition) is 0. The van der Waals surface area contributed by atoms with E-state index in [9.17, 15) is 9.59 Å². The Morgan fingerprint density at radius 3 is 2.70 bits per heavy atom. The smallest absolute Gasteiger partial charge is 0.242 e. The van der Waals surface area contributed by atoms with E-state index in [0.29, 0.717) is 18.9 Å². The molecular formula is C26H30N4O3. The number of carbonyl (C=O) groups excluding carboxylic acids is 2. The number of benzene rings is 2. The Kier molecular flexibility index (Phi) is 5.79. The van der Waals surface area contributed by atoms with Crippen LogP contribution in [-0.2, 0) is 16.1 Å². The molecule has 0 bridgehead atoms. The van der Waals surface area contributed by atoms with Crippen molar-refractivity contribution in [1.29, 1.82) is 0 Å². The van der Waals surface area contributed by atoms with Crippen LogP contribution in [-0.4, -0.2) is 53.0 Å². The van der Waals surface area contributed by atoms with Crippen molar-refractivity contribution in [2.75, 3.05) is 31.6 Å². The fraction of sp³-hybridized carbons (Fsp3) is 0.423. The molecule has 0 N–H and O–H groups in total. The monoisotopic (exact) mass is 446 g/mol. The van der Waals surface area contributed by atoms with Gasteiger partial charge >= 0.3 is 0 Å². The lowest BCUT2D eigenvalue weighted by Gasteiger charge is -2.30. The SMILES string of the molecule is COc1cccc(N2CC(c3nc4ccccc4n3CC(=O)N3CCC(C)CC3)CC2=O)c1. The first-order chi connectivity index (χ1) is 16.0. The standard InChI is InChI=1S/C26H30N4O3/c1-18-10-12-28(13-11-18)25(32)17-30-23-9-4-3-8-22(23)27-26(30)19-14-24(31)29(16-19)20-6-5-7-21(15-20)33-2/h3-9,15,18-19H,10-14,16-17H2,1-2H3. The van der Waals surface area contributed by atoms with Crippen LogP contribution in [0, 0.1) is 5.92 Å². The highest BCUT2D eigenvalue weighted by Crippen LogP contribution is 2.34. The number of carbonyl (C=O) groups is 2. The number of imidazole rings is 1. The highest BCUT2D eigenvalue weighted by Gasteiger charge is 2.35. The normalized spacial score (nSPS) is 19.5. The summed E-state index contributed by atoms with van der Waals surface area (Å²) in [6, 6.07) is 15.5. The molecule has 7 nitrogen and oxygen atoms in total. The summed E-state index contributed by atoms with van der Waals surface area (Å²) in [7, 11) is 1.62. The van der Waals surface area contributed by atoms with Crippen LogP contribution in [0.15, 0.2) is 48.5 Å². The Morgan fingerprint density at radius 1 is 1.12 bits per heavy atom. The number of methoxy groups -OCH3 is 1. The fourth-order valence-corrected chi connectivity index (χ4v) is 4.97. The molecule has 2 aromatic carbocycles. The van der Waals surface area contributed by atoms with E-state index < -0.39 is 0 Å². The van der Waals surface area contributed by atoms with Crippen LogP contribution in [0.1, 0.15) is 37.9 Å². The minimum absolute atomic E-state index is 0.0585. The molecule has 7 heteroatoms. The van der Waals surface area contributed by atoms with Crippen LogP contribution < -0.4 is 9.64 Å². The van der Waals surface area contributed by atoms with E-state index in [-0.39, 0.29) is 24.3 Å². The lowest BCUT2D eigenvalue weighted by atomic mass is 9.99. The number of amides is 2. The molecule has 3 aromatic rings. The summed E-state index contributed by atoms with van der Waals surface area (Å²) >= 11 is 0. The molecule has 2 aliphatic heterocycles. The number of ether oxygens (including phenoxy) is 1. The Hall–Kier alpha value is -3.35. The fourth-order valence-electron chi connectivity index (χ4n) is 4.97. The van der Waals surface area contributed by atoms with Crippen molar-refractivity contribution in [3.8, 4) is 5.75 Å². The lowest BCUT2D eigenvalue weighted by molar-refractivity contribution is -0.133. The number of para-hydroxylation sites is 2. The first-order valence-corrected chi connectivity index (χ1v) is 11.7. The van der Waals surface area contributed by atoms with Gasteiger partial charge in [-0.05, 0) is 43.0 Å². The maximum Gasteiger partial charge on any atom is 0.242 e. The van der Waals surface area contributed by atoms with Crippen LogP contribution in [0.5, 0.6) is 5.75 Å². The molecule has 0 aliphatic carbocycles. The van der Waals surface area contributed by atoms with Gasteiger partial charge in [-0.25, -0.2) is 4.98 Å². The first-order valence-electron chi connectivity index (χ1n) is 11.7. The van der Waals surface area contributed by atoms with Crippen molar-refractivity contribution in [3.63, 3.8) is 0 Å². The molecule has 1 atom stereocenters. The molecule has 0 saturated carbocycles. The molecule has 2 fully saturated rings. The van der Waals surface area contributed by atoms with Crippen molar-refractivity contribution in [2.45, 2.75) is 38.6 Å². The van der Waals surface area contributed by atoms with E-state index in [1.54, 1.807) is 12.0 Å². The average molecular weight is 447 g/mol. The maximum atomic E-state index is 13.2. The third kappa shape index (κ3) is 4.19. The van der Waals surface area contributed by atoms with Crippen LogP contribution in [0.2, 0.25) is 0 Å². The molecule has 3 heterocycles. The van der Waals surface area contributed by atoms with Gasteiger partial charge in [-0.1, -0.05) is 25.1 Å². The van der Waals surface area contributed by atoms with Crippen molar-refractivity contribution >= 4 is 28.5 Å². The van der Waals surface area contributed by atoms with Crippen molar-refractivity contribution in [2.24, 2.45) is 5.92 Å². The van der Waals surface area contributed by atoms with Crippen molar-refractivity contribution in [1.82, 2.24) is 14.5 Å². The van der Waals surface area contributed by atoms with E-state index >= 15 is 0 Å². The summed E-state index contributed by atoms with van der Waals surface area (Å²) in [6.07, 6.45) is 2.47. The van der Waals surface area contributed by atoms with Gasteiger partial charge in [-0.15, -0.1) is 0 Å². The molecular weight excluding hydrogens is 416 g/mol. The number of fused-ring (bicyclic) bond motifs is 1. The molecule has 5 rings (SSSR count). The molecule has 1 unspecified atom stereocenters. The van der Waals surface area contributed by atoms with Crippen LogP contribution in [0.3, 0.4) is 0 Å². The molecule has 0 spiro atoms. The summed E-state index contributed by atoms with van der Waals surface area (Å²) in [6.45, 7) is 4.66. The highest BCUT2D eigenvalue weighted by molar-refractivity contribution is 5.96. The zero-order valence-corrected chi connectivity index (χ0v) is 19.2. The summed E-state index contributed by atoms with van der Waals surface area (Å²) in [5.41, 5.74) is 2.63. The van der Waals surface area contributed by atoms with E-state index in [4.69, 9.17) is 9.72 Å². The Morgan fingerprint density at radius 2 is 1.91 bits per heavy atom. The van der Waals surface area contributed by atoms with Gasteiger partial charge < -0.3 is 19.1 Å². The summed E-state index contributed by atoms with van der Waals surface area (Å²) in [4.78, 5) is 34.8. The van der Waals surface area contributed by atoms with E-state index in [2.05, 4.69) is 6.92 Å². The number of likely N-dealkylation sites (tertiary alicyclic amines) is 1. The zero-order valence-electron chi connectivity index (χ0n) is 19.2. The predicted molar refractivity (Wildman–Crippen MR) is 127 cm³/mol. The van der Waals surface area contributed by atoms with Crippen LogP contribution in [0.4, 0.5) is 5.69 Å². The quantitative estimate of drug-likeness (QED) is 0.598. The van der Waals surface area contributed by atoms with E-state index in [0.717, 1.165) is 54.2 Å². The molecule has 1 aromatic heterocycles. The van der Waals surface area contributed by atoms with Crippen molar-refractivity contribution in [3.05, 3.63) is 54.4 Å². The highest BCUT2D eigenvalue weighted by atomic mass is 16.5. The van der Waals surface area contributed by atoms with E-state index in [1.807, 2.05) is 58.0 Å². The molecule has 172 valence electrons. The van der Waals surface area contributed by atoms with Gasteiger partial charge in [0, 0.05) is 43.7 Å². The Labute approximate surface area is 193 Å². The van der Waals surface area contributed by atoms with Gasteiger partial charge in [0.25, 0.3) is 0 Å². The first kappa shape index (κ1) is 21.5. The number of anilines is 1. The van der Waals surface area contributed by atoms with Gasteiger partial charge in [0.15, 0.2) is 0 Å². The van der Waals surface area contributed by atoms with Gasteiger partial charge in [-0.2, -0.15) is 0 Å². The van der Waals surface area contributed by atoms with Gasteiger partial charge in [-0.3, -0.25) is 9.59 Å². The number of nitrogens with zero attached hydrogens (tertiary/aromatic N) is 4. The Bertz CT molecular complexity index is 1180. The largest absolute Gasteiger partial charge is 0.497 e. The molecule has 2 saturated heterocycles. The number of hydrogen-bond acceptors (Lipinski definition) is 4. The Balaban J connectivity index is 1.43. The molecule has 33 heavy (non-hydrogen) atoms. The lowest BCUT2D eigenvalue weighted by Crippen LogP contribution is -2.40.